The van der Waals surface area contributed by atoms with Crippen molar-refractivity contribution in [3.05, 3.63) is 81.0 Å². The molecule has 0 aliphatic carbocycles. The van der Waals surface area contributed by atoms with E-state index in [9.17, 15) is 24.3 Å². The Morgan fingerprint density at radius 3 is 2.43 bits per heavy atom. The number of rotatable bonds is 6. The van der Waals surface area contributed by atoms with Crippen molar-refractivity contribution < 1.29 is 33.8 Å². The highest BCUT2D eigenvalue weighted by Crippen LogP contribution is 2.35. The molecule has 3 fully saturated rings. The van der Waals surface area contributed by atoms with Gasteiger partial charge in [0.15, 0.2) is 0 Å². The fraction of sp³-hybridized carbons (Fsp3) is 0.429. The topological polar surface area (TPSA) is 192 Å². The molecule has 0 aromatic carbocycles. The predicted molar refractivity (Wildman–Crippen MR) is 202 cm³/mol. The molecule has 0 saturated carbocycles. The zero-order chi connectivity index (χ0) is 39.3. The van der Waals surface area contributed by atoms with Gasteiger partial charge in [0, 0.05) is 39.3 Å². The van der Waals surface area contributed by atoms with Gasteiger partial charge in [-0.05, 0) is 84.2 Å². The lowest BCUT2D eigenvalue weighted by Crippen LogP contribution is -2.56. The second-order valence-corrected chi connectivity index (χ2v) is 15.2. The van der Waals surface area contributed by atoms with E-state index in [1.807, 2.05) is 26.8 Å². The van der Waals surface area contributed by atoms with Crippen LogP contribution in [-0.4, -0.2) is 128 Å². The molecule has 3 aliphatic heterocycles. The van der Waals surface area contributed by atoms with E-state index >= 15 is 0 Å². The maximum Gasteiger partial charge on any atom is 0.410 e. The third-order valence-corrected chi connectivity index (χ3v) is 9.37. The Hall–Kier alpha value is -4.42. The lowest BCUT2D eigenvalue weighted by Gasteiger charge is -2.41. The summed E-state index contributed by atoms with van der Waals surface area (Å²) in [6.07, 6.45) is 1.68. The predicted octanol–water partition coefficient (Wildman–Crippen LogP) is 4.18. The van der Waals surface area contributed by atoms with Crippen molar-refractivity contribution in [2.45, 2.75) is 50.5 Å². The van der Waals surface area contributed by atoms with E-state index in [0.717, 1.165) is 5.56 Å². The number of nitrogens with one attached hydrogen (secondary N) is 2. The molecule has 4 atom stereocenters. The van der Waals surface area contributed by atoms with Gasteiger partial charge in [-0.15, -0.1) is 0 Å². The quantitative estimate of drug-likeness (QED) is 0.237. The molecule has 3 aromatic heterocycles. The number of piperazine rings is 2. The van der Waals surface area contributed by atoms with Gasteiger partial charge in [-0.3, -0.25) is 14.5 Å². The molecule has 3 saturated heterocycles. The molecule has 288 valence electrons. The van der Waals surface area contributed by atoms with Crippen molar-refractivity contribution in [3.8, 4) is 11.4 Å². The van der Waals surface area contributed by atoms with Crippen LogP contribution in [0, 0.1) is 0 Å². The summed E-state index contributed by atoms with van der Waals surface area (Å²) in [5, 5.41) is 15.9. The molecule has 2 unspecified atom stereocenters. The number of carbonyl (C=O) groups is 4. The van der Waals surface area contributed by atoms with Gasteiger partial charge in [0.05, 0.1) is 36.1 Å². The van der Waals surface area contributed by atoms with Crippen LogP contribution in [0.5, 0.6) is 0 Å². The van der Waals surface area contributed by atoms with E-state index in [1.165, 1.54) is 25.5 Å². The van der Waals surface area contributed by atoms with Crippen molar-refractivity contribution in [2.24, 2.45) is 0 Å². The van der Waals surface area contributed by atoms with Gasteiger partial charge in [-0.25, -0.2) is 29.5 Å². The molecule has 0 spiro atoms. The minimum absolute atomic E-state index is 0.0736. The summed E-state index contributed by atoms with van der Waals surface area (Å²) in [6, 6.07) is 7.31. The van der Waals surface area contributed by atoms with Crippen LogP contribution in [0.3, 0.4) is 0 Å². The number of pyridine rings is 2. The zero-order valence-corrected chi connectivity index (χ0v) is 33.1. The number of aliphatic hydroxyl groups excluding tert-OH is 1. The first-order valence-corrected chi connectivity index (χ1v) is 18.4. The molecule has 19 heteroatoms. The molecule has 4 amide bonds. The van der Waals surface area contributed by atoms with Gasteiger partial charge in [-0.2, -0.15) is 0 Å². The standard InChI is InChI=1S/C20H19ClN6O4.C15H21BrClN3O3/c1-3-18(28)26-7-12-9-31-20(30)27(12)16(8-26)11-4-14(25-17(21)5-11)13-6-15(19(29)22-2)24-10-23-13;1-15(2,3)23-14(22)20-6-10(8-21)18-11(7-20)9-4-12(16)19-13(17)5-9/h3-6,10,12,16H,1,7-9H2,2H3,(H,22,29);4-5,10-11,18,21H,6-8H2,1-3H3/t12-,16+;/m0./s1. The monoisotopic (exact) mass is 847 g/mol. The summed E-state index contributed by atoms with van der Waals surface area (Å²) in [5.41, 5.74) is 1.98. The first-order chi connectivity index (χ1) is 25.6. The normalized spacial score (nSPS) is 21.0. The van der Waals surface area contributed by atoms with Crippen molar-refractivity contribution >= 4 is 63.1 Å². The number of amides is 4. The first-order valence-electron chi connectivity index (χ1n) is 16.8. The lowest BCUT2D eigenvalue weighted by atomic mass is 9.99. The fourth-order valence-corrected chi connectivity index (χ4v) is 7.20. The van der Waals surface area contributed by atoms with Crippen LogP contribution in [0.4, 0.5) is 9.59 Å². The van der Waals surface area contributed by atoms with E-state index in [-0.39, 0.29) is 66.6 Å². The van der Waals surface area contributed by atoms with E-state index in [4.69, 9.17) is 32.7 Å². The number of ether oxygens (including phenoxy) is 2. The van der Waals surface area contributed by atoms with Crippen LogP contribution >= 0.6 is 39.1 Å². The molecule has 6 rings (SSSR count). The maximum atomic E-state index is 12.4. The average molecular weight is 850 g/mol. The van der Waals surface area contributed by atoms with Crippen LogP contribution in [0.15, 0.2) is 53.9 Å². The number of cyclic esters (lactones) is 1. The fourth-order valence-electron chi connectivity index (χ4n) is 6.21. The van der Waals surface area contributed by atoms with E-state index in [0.29, 0.717) is 46.3 Å². The molecule has 0 bridgehead atoms. The minimum Gasteiger partial charge on any atom is -0.447 e. The molecular formula is C35H40BrCl2N9O7. The molecule has 54 heavy (non-hydrogen) atoms. The Balaban J connectivity index is 0.000000218. The first kappa shape index (κ1) is 40.8. The highest BCUT2D eigenvalue weighted by atomic mass is 79.9. The maximum absolute atomic E-state index is 12.4. The van der Waals surface area contributed by atoms with Crippen molar-refractivity contribution in [1.29, 1.82) is 0 Å². The lowest BCUT2D eigenvalue weighted by molar-refractivity contribution is -0.129. The van der Waals surface area contributed by atoms with Crippen molar-refractivity contribution in [1.82, 2.24) is 45.3 Å². The van der Waals surface area contributed by atoms with Gasteiger partial charge in [0.2, 0.25) is 5.91 Å². The Morgan fingerprint density at radius 1 is 1.04 bits per heavy atom. The third-order valence-electron chi connectivity index (χ3n) is 8.58. The smallest absolute Gasteiger partial charge is 0.410 e. The van der Waals surface area contributed by atoms with E-state index in [1.54, 1.807) is 32.9 Å². The Kier molecular flexibility index (Phi) is 13.1. The number of nitrogens with zero attached hydrogens (tertiary/aromatic N) is 7. The second-order valence-electron chi connectivity index (χ2n) is 13.6. The summed E-state index contributed by atoms with van der Waals surface area (Å²) < 4.78 is 11.3. The molecule has 6 heterocycles. The molecule has 3 aliphatic rings. The van der Waals surface area contributed by atoms with Crippen LogP contribution in [0.2, 0.25) is 10.3 Å². The number of fused-ring (bicyclic) bond motifs is 1. The largest absolute Gasteiger partial charge is 0.447 e. The van der Waals surface area contributed by atoms with Crippen LogP contribution in [-0.2, 0) is 14.3 Å². The Morgan fingerprint density at radius 2 is 1.76 bits per heavy atom. The summed E-state index contributed by atoms with van der Waals surface area (Å²) in [5.74, 6) is -0.588. The second kappa shape index (κ2) is 17.4. The van der Waals surface area contributed by atoms with Crippen LogP contribution in [0.1, 0.15) is 54.5 Å². The highest BCUT2D eigenvalue weighted by molar-refractivity contribution is 9.10. The number of hydrogen-bond donors (Lipinski definition) is 3. The Bertz CT molecular complexity index is 1900. The van der Waals surface area contributed by atoms with Gasteiger partial charge in [0.25, 0.3) is 5.91 Å². The molecular weight excluding hydrogens is 809 g/mol. The SMILES string of the molecule is C=CC(=O)N1C[C@H]2COC(=O)N2[C@@H](c2cc(Cl)nc(-c3cc(C(=O)NC)ncn3)c2)C1.CC(C)(C)OC(=O)N1CC(CO)NC(c2cc(Cl)nc(Br)c2)C1. The van der Waals surface area contributed by atoms with E-state index < -0.39 is 17.7 Å². The molecule has 3 aromatic rings. The summed E-state index contributed by atoms with van der Waals surface area (Å²) in [4.78, 5) is 70.3. The molecule has 0 radical (unpaired) electrons. The van der Waals surface area contributed by atoms with Gasteiger partial charge < -0.3 is 35.0 Å². The van der Waals surface area contributed by atoms with Crippen molar-refractivity contribution in [3.63, 3.8) is 0 Å². The molecule has 16 nitrogen and oxygen atoms in total. The van der Waals surface area contributed by atoms with Gasteiger partial charge in [0.1, 0.15) is 39.1 Å². The number of aliphatic hydroxyl groups is 1. The zero-order valence-electron chi connectivity index (χ0n) is 30.0. The number of halogens is 3. The summed E-state index contributed by atoms with van der Waals surface area (Å²) in [7, 11) is 1.50. The number of carbonyl (C=O) groups excluding carboxylic acids is 4. The van der Waals surface area contributed by atoms with Gasteiger partial charge in [-0.1, -0.05) is 29.8 Å². The summed E-state index contributed by atoms with van der Waals surface area (Å²) in [6.45, 7) is 10.6. The van der Waals surface area contributed by atoms with E-state index in [2.05, 4.69) is 53.1 Å². The average Bonchev–Trinajstić information content (AvgIpc) is 3.52. The minimum atomic E-state index is -0.560. The third kappa shape index (κ3) is 10.0. The van der Waals surface area contributed by atoms with Crippen LogP contribution < -0.4 is 10.6 Å². The van der Waals surface area contributed by atoms with Crippen LogP contribution in [0.25, 0.3) is 11.4 Å². The number of hydrogen-bond acceptors (Lipinski definition) is 12. The highest BCUT2D eigenvalue weighted by Gasteiger charge is 2.45. The van der Waals surface area contributed by atoms with Crippen molar-refractivity contribution in [2.75, 3.05) is 46.4 Å². The number of aromatic nitrogens is 4. The summed E-state index contributed by atoms with van der Waals surface area (Å²) >= 11 is 15.6. The van der Waals surface area contributed by atoms with Gasteiger partial charge >= 0.3 is 12.2 Å². The Labute approximate surface area is 330 Å². The molecule has 3 N–H and O–H groups in total.